The molecule has 0 bridgehead atoms. The standard InChI is InChI=1S/C23H25N3O4/c1-3-29-19-10-9-17(13-20(19)28-2)22-24-23(30-25-22)18-14-21(27)26(15-18)12-11-16-7-5-4-6-8-16/h4-10,13,18H,3,11-12,14-15H2,1-2H3. The molecule has 7 heteroatoms. The maximum absolute atomic E-state index is 12.4. The molecule has 2 heterocycles. The van der Waals surface area contributed by atoms with E-state index in [0.717, 1.165) is 12.0 Å². The van der Waals surface area contributed by atoms with Crippen LogP contribution < -0.4 is 9.47 Å². The number of likely N-dealkylation sites (tertiary alicyclic amines) is 1. The Morgan fingerprint density at radius 1 is 1.17 bits per heavy atom. The number of methoxy groups -OCH3 is 1. The quantitative estimate of drug-likeness (QED) is 0.567. The number of amides is 1. The van der Waals surface area contributed by atoms with Gasteiger partial charge in [-0.25, -0.2) is 0 Å². The summed E-state index contributed by atoms with van der Waals surface area (Å²) in [6, 6.07) is 15.7. The molecule has 1 unspecified atom stereocenters. The summed E-state index contributed by atoms with van der Waals surface area (Å²) in [7, 11) is 1.59. The fraction of sp³-hybridized carbons (Fsp3) is 0.348. The second kappa shape index (κ2) is 8.98. The Balaban J connectivity index is 1.43. The van der Waals surface area contributed by atoms with Gasteiger partial charge in [0.25, 0.3) is 0 Å². The van der Waals surface area contributed by atoms with Gasteiger partial charge in [-0.05, 0) is 37.1 Å². The summed E-state index contributed by atoms with van der Waals surface area (Å²) in [6.07, 6.45) is 1.23. The first-order valence-corrected chi connectivity index (χ1v) is 10.1. The molecule has 1 aliphatic heterocycles. The highest BCUT2D eigenvalue weighted by atomic mass is 16.5. The molecule has 0 saturated carbocycles. The van der Waals surface area contributed by atoms with E-state index in [2.05, 4.69) is 22.3 Å². The predicted octanol–water partition coefficient (Wildman–Crippen LogP) is 3.70. The van der Waals surface area contributed by atoms with Gasteiger partial charge in [-0.1, -0.05) is 35.5 Å². The van der Waals surface area contributed by atoms with Crippen molar-refractivity contribution in [1.82, 2.24) is 15.0 Å². The maximum atomic E-state index is 12.4. The third-order valence-electron chi connectivity index (χ3n) is 5.24. The van der Waals surface area contributed by atoms with Crippen LogP contribution in [0.5, 0.6) is 11.5 Å². The molecule has 2 aromatic carbocycles. The van der Waals surface area contributed by atoms with E-state index in [1.54, 1.807) is 7.11 Å². The Kier molecular flexibility index (Phi) is 5.97. The van der Waals surface area contributed by atoms with Gasteiger partial charge in [0.05, 0.1) is 19.6 Å². The summed E-state index contributed by atoms with van der Waals surface area (Å²) < 4.78 is 16.4. The average molecular weight is 407 g/mol. The topological polar surface area (TPSA) is 77.7 Å². The predicted molar refractivity (Wildman–Crippen MR) is 112 cm³/mol. The Morgan fingerprint density at radius 2 is 2.00 bits per heavy atom. The van der Waals surface area contributed by atoms with E-state index in [4.69, 9.17) is 14.0 Å². The van der Waals surface area contributed by atoms with Crippen LogP contribution in [0.1, 0.15) is 30.7 Å². The van der Waals surface area contributed by atoms with E-state index in [1.807, 2.05) is 48.2 Å². The van der Waals surface area contributed by atoms with E-state index in [1.165, 1.54) is 5.56 Å². The number of rotatable bonds is 8. The van der Waals surface area contributed by atoms with Crippen molar-refractivity contribution in [1.29, 1.82) is 0 Å². The molecule has 1 saturated heterocycles. The van der Waals surface area contributed by atoms with Gasteiger partial charge in [0.2, 0.25) is 17.6 Å². The lowest BCUT2D eigenvalue weighted by molar-refractivity contribution is -0.127. The largest absolute Gasteiger partial charge is 0.493 e. The average Bonchev–Trinajstić information content (AvgIpc) is 3.40. The number of aromatic nitrogens is 2. The minimum absolute atomic E-state index is 0.0842. The van der Waals surface area contributed by atoms with Gasteiger partial charge in [0, 0.05) is 25.1 Å². The van der Waals surface area contributed by atoms with E-state index in [0.29, 0.717) is 49.3 Å². The van der Waals surface area contributed by atoms with Crippen molar-refractivity contribution in [3.63, 3.8) is 0 Å². The summed E-state index contributed by atoms with van der Waals surface area (Å²) in [4.78, 5) is 18.9. The maximum Gasteiger partial charge on any atom is 0.232 e. The zero-order valence-corrected chi connectivity index (χ0v) is 17.2. The molecular weight excluding hydrogens is 382 g/mol. The van der Waals surface area contributed by atoms with Gasteiger partial charge in [-0.15, -0.1) is 0 Å². The number of benzene rings is 2. The van der Waals surface area contributed by atoms with E-state index < -0.39 is 0 Å². The van der Waals surface area contributed by atoms with Crippen LogP contribution in [0, 0.1) is 0 Å². The molecule has 1 aromatic heterocycles. The minimum Gasteiger partial charge on any atom is -0.493 e. The Labute approximate surface area is 175 Å². The lowest BCUT2D eigenvalue weighted by Gasteiger charge is -2.15. The zero-order valence-electron chi connectivity index (χ0n) is 17.2. The van der Waals surface area contributed by atoms with Gasteiger partial charge in [-0.3, -0.25) is 4.79 Å². The summed E-state index contributed by atoms with van der Waals surface area (Å²) in [5.41, 5.74) is 1.99. The first-order valence-electron chi connectivity index (χ1n) is 10.1. The van der Waals surface area contributed by atoms with Gasteiger partial charge < -0.3 is 18.9 Å². The van der Waals surface area contributed by atoms with Crippen LogP contribution in [0.3, 0.4) is 0 Å². The van der Waals surface area contributed by atoms with Crippen molar-refractivity contribution in [3.8, 4) is 22.9 Å². The van der Waals surface area contributed by atoms with Crippen molar-refractivity contribution in [2.75, 3.05) is 26.8 Å². The molecule has 7 nitrogen and oxygen atoms in total. The number of hydrogen-bond acceptors (Lipinski definition) is 6. The molecule has 0 N–H and O–H groups in total. The van der Waals surface area contributed by atoms with E-state index >= 15 is 0 Å². The third kappa shape index (κ3) is 4.30. The van der Waals surface area contributed by atoms with E-state index in [-0.39, 0.29) is 11.8 Å². The summed E-state index contributed by atoms with van der Waals surface area (Å²) >= 11 is 0. The van der Waals surface area contributed by atoms with Crippen molar-refractivity contribution in [3.05, 3.63) is 60.0 Å². The van der Waals surface area contributed by atoms with Crippen LogP contribution in [-0.4, -0.2) is 47.8 Å². The molecule has 3 aromatic rings. The van der Waals surface area contributed by atoms with E-state index in [9.17, 15) is 4.79 Å². The molecule has 156 valence electrons. The van der Waals surface area contributed by atoms with Crippen molar-refractivity contribution in [2.45, 2.75) is 25.7 Å². The van der Waals surface area contributed by atoms with Crippen molar-refractivity contribution in [2.24, 2.45) is 0 Å². The minimum atomic E-state index is -0.0842. The molecule has 0 aliphatic carbocycles. The first-order chi connectivity index (χ1) is 14.7. The normalized spacial score (nSPS) is 16.1. The highest BCUT2D eigenvalue weighted by Gasteiger charge is 2.34. The molecule has 1 fully saturated rings. The summed E-state index contributed by atoms with van der Waals surface area (Å²) in [5, 5.41) is 4.11. The second-order valence-electron chi connectivity index (χ2n) is 7.23. The third-order valence-corrected chi connectivity index (χ3v) is 5.24. The molecular formula is C23H25N3O4. The van der Waals surface area contributed by atoms with Crippen molar-refractivity contribution >= 4 is 5.91 Å². The molecule has 30 heavy (non-hydrogen) atoms. The Hall–Kier alpha value is -3.35. The fourth-order valence-corrected chi connectivity index (χ4v) is 3.66. The Morgan fingerprint density at radius 3 is 2.77 bits per heavy atom. The number of nitrogens with zero attached hydrogens (tertiary/aromatic N) is 3. The van der Waals surface area contributed by atoms with Crippen molar-refractivity contribution < 1.29 is 18.8 Å². The SMILES string of the molecule is CCOc1ccc(-c2noc(C3CC(=O)N(CCc4ccccc4)C3)n2)cc1OC. The second-order valence-corrected chi connectivity index (χ2v) is 7.23. The molecule has 1 atom stereocenters. The lowest BCUT2D eigenvalue weighted by atomic mass is 10.1. The Bertz CT molecular complexity index is 1000. The van der Waals surface area contributed by atoms with Crippen LogP contribution in [0.4, 0.5) is 0 Å². The number of carbonyl (C=O) groups excluding carboxylic acids is 1. The monoisotopic (exact) mass is 407 g/mol. The van der Waals surface area contributed by atoms with Gasteiger partial charge >= 0.3 is 0 Å². The molecule has 1 aliphatic rings. The van der Waals surface area contributed by atoms with Crippen LogP contribution in [0.2, 0.25) is 0 Å². The smallest absolute Gasteiger partial charge is 0.232 e. The summed E-state index contributed by atoms with van der Waals surface area (Å²) in [6.45, 7) is 3.76. The molecule has 4 rings (SSSR count). The highest BCUT2D eigenvalue weighted by molar-refractivity contribution is 5.79. The van der Waals surface area contributed by atoms with Crippen LogP contribution in [0.15, 0.2) is 53.1 Å². The molecule has 0 radical (unpaired) electrons. The number of carbonyl (C=O) groups is 1. The van der Waals surface area contributed by atoms with Crippen LogP contribution in [0.25, 0.3) is 11.4 Å². The number of hydrogen-bond donors (Lipinski definition) is 0. The van der Waals surface area contributed by atoms with Gasteiger partial charge in [0.1, 0.15) is 0 Å². The lowest BCUT2D eigenvalue weighted by Crippen LogP contribution is -2.27. The summed E-state index contributed by atoms with van der Waals surface area (Å²) in [5.74, 6) is 2.29. The zero-order chi connectivity index (χ0) is 20.9. The number of ether oxygens (including phenoxy) is 2. The molecule has 0 spiro atoms. The van der Waals surface area contributed by atoms with Crippen LogP contribution in [-0.2, 0) is 11.2 Å². The van der Waals surface area contributed by atoms with Gasteiger partial charge in [0.15, 0.2) is 11.5 Å². The van der Waals surface area contributed by atoms with Crippen LogP contribution >= 0.6 is 0 Å². The first kappa shape index (κ1) is 19.9. The molecule has 1 amide bonds. The highest BCUT2D eigenvalue weighted by Crippen LogP contribution is 2.33. The van der Waals surface area contributed by atoms with Gasteiger partial charge in [-0.2, -0.15) is 4.98 Å². The fourth-order valence-electron chi connectivity index (χ4n) is 3.66.